The number of anilines is 1. The Morgan fingerprint density at radius 2 is 1.96 bits per heavy atom. The van der Waals surface area contributed by atoms with E-state index < -0.39 is 0 Å². The fraction of sp³-hybridized carbons (Fsp3) is 0.364. The van der Waals surface area contributed by atoms with E-state index in [1.165, 1.54) is 10.5 Å². The molecule has 1 amide bonds. The highest BCUT2D eigenvalue weighted by Gasteiger charge is 2.23. The van der Waals surface area contributed by atoms with E-state index in [0.717, 1.165) is 45.4 Å². The highest BCUT2D eigenvalue weighted by atomic mass is 32.2. The molecule has 3 aromatic rings. The van der Waals surface area contributed by atoms with Crippen molar-refractivity contribution in [2.45, 2.75) is 25.7 Å². The molecule has 28 heavy (non-hydrogen) atoms. The van der Waals surface area contributed by atoms with E-state index in [9.17, 15) is 4.79 Å². The molecule has 1 N–H and O–H groups in total. The number of nitrogens with zero attached hydrogens (tertiary/aromatic N) is 2. The number of nitrogens with one attached hydrogen (secondary N) is 1. The Labute approximate surface area is 175 Å². The lowest BCUT2D eigenvalue weighted by Crippen LogP contribution is -3.12. The topological polar surface area (TPSA) is 37.6 Å². The number of likely N-dealkylation sites (N-methyl/N-ethyl adjacent to an activating group) is 1. The molecule has 0 unspecified atom stereocenters. The first kappa shape index (κ1) is 20.8. The number of amides is 1. The number of hydrogen-bond donors (Lipinski definition) is 1. The molecule has 1 aromatic heterocycles. The Balaban J connectivity index is 1.96. The van der Waals surface area contributed by atoms with Crippen molar-refractivity contribution in [2.75, 3.05) is 37.3 Å². The van der Waals surface area contributed by atoms with Crippen LogP contribution in [0.5, 0.6) is 0 Å². The molecule has 1 heterocycles. The number of thioether (sulfide) groups is 1. The fourth-order valence-corrected chi connectivity index (χ4v) is 4.75. The second-order valence-electron chi connectivity index (χ2n) is 6.86. The van der Waals surface area contributed by atoms with E-state index in [1.54, 1.807) is 23.1 Å². The summed E-state index contributed by atoms with van der Waals surface area (Å²) >= 11 is 3.25. The van der Waals surface area contributed by atoms with Crippen molar-refractivity contribution in [1.82, 2.24) is 4.98 Å². The number of aryl methyl sites for hydroxylation is 1. The lowest BCUT2D eigenvalue weighted by atomic mass is 10.2. The number of thiazole rings is 1. The van der Waals surface area contributed by atoms with Gasteiger partial charge in [0.2, 0.25) is 0 Å². The van der Waals surface area contributed by atoms with Gasteiger partial charge in [-0.05, 0) is 62.9 Å². The van der Waals surface area contributed by atoms with Crippen LogP contribution in [0.3, 0.4) is 0 Å². The summed E-state index contributed by atoms with van der Waals surface area (Å²) < 4.78 is 1.13. The van der Waals surface area contributed by atoms with Crippen LogP contribution in [0.4, 0.5) is 5.13 Å². The minimum atomic E-state index is 0.0261. The standard InChI is InChI=1S/C22H27N3OS2/c1-5-24(6-2)12-13-25(21(26)17-8-7-9-18(15-17)27-4)22-23-19-11-10-16(3)14-20(19)28-22/h7-11,14-15H,5-6,12-13H2,1-4H3/p+1. The first-order chi connectivity index (χ1) is 13.5. The van der Waals surface area contributed by atoms with Crippen molar-refractivity contribution < 1.29 is 9.69 Å². The molecule has 3 rings (SSSR count). The number of aromatic nitrogens is 1. The lowest BCUT2D eigenvalue weighted by Gasteiger charge is -2.23. The van der Waals surface area contributed by atoms with Gasteiger partial charge in [-0.25, -0.2) is 4.98 Å². The Kier molecular flexibility index (Phi) is 7.10. The minimum Gasteiger partial charge on any atom is -0.334 e. The second-order valence-corrected chi connectivity index (χ2v) is 8.75. The van der Waals surface area contributed by atoms with Gasteiger partial charge in [0.15, 0.2) is 5.13 Å². The van der Waals surface area contributed by atoms with Gasteiger partial charge in [-0.2, -0.15) is 0 Å². The molecule has 148 valence electrons. The summed E-state index contributed by atoms with van der Waals surface area (Å²) in [7, 11) is 0. The summed E-state index contributed by atoms with van der Waals surface area (Å²) in [6, 6.07) is 14.1. The Morgan fingerprint density at radius 3 is 2.68 bits per heavy atom. The van der Waals surface area contributed by atoms with Crippen LogP contribution in [-0.4, -0.2) is 43.3 Å². The van der Waals surface area contributed by atoms with Gasteiger partial charge in [0, 0.05) is 10.5 Å². The minimum absolute atomic E-state index is 0.0261. The van der Waals surface area contributed by atoms with Gasteiger partial charge in [0.1, 0.15) is 0 Å². The van der Waals surface area contributed by atoms with Crippen LogP contribution in [0.2, 0.25) is 0 Å². The van der Waals surface area contributed by atoms with E-state index in [2.05, 4.69) is 32.9 Å². The number of hydrogen-bond acceptors (Lipinski definition) is 4. The Morgan fingerprint density at radius 1 is 1.18 bits per heavy atom. The maximum atomic E-state index is 13.4. The molecule has 2 aromatic carbocycles. The molecule has 4 nitrogen and oxygen atoms in total. The third-order valence-electron chi connectivity index (χ3n) is 5.01. The SMILES string of the molecule is CC[NH+](CC)CCN(C(=O)c1cccc(SC)c1)c1nc2ccc(C)cc2s1. The van der Waals surface area contributed by atoms with Crippen LogP contribution in [0, 0.1) is 6.92 Å². The number of carbonyl (C=O) groups excluding carboxylic acids is 1. The highest BCUT2D eigenvalue weighted by molar-refractivity contribution is 7.98. The van der Waals surface area contributed by atoms with E-state index in [-0.39, 0.29) is 5.91 Å². The van der Waals surface area contributed by atoms with Gasteiger partial charge in [0.25, 0.3) is 5.91 Å². The maximum Gasteiger partial charge on any atom is 0.260 e. The largest absolute Gasteiger partial charge is 0.334 e. The molecule has 0 atom stereocenters. The van der Waals surface area contributed by atoms with Crippen LogP contribution >= 0.6 is 23.1 Å². The van der Waals surface area contributed by atoms with Gasteiger partial charge < -0.3 is 4.90 Å². The van der Waals surface area contributed by atoms with Crippen LogP contribution in [0.25, 0.3) is 10.2 Å². The second kappa shape index (κ2) is 9.54. The molecule has 0 aliphatic rings. The third-order valence-corrected chi connectivity index (χ3v) is 6.78. The quantitative estimate of drug-likeness (QED) is 0.568. The molecule has 0 radical (unpaired) electrons. The van der Waals surface area contributed by atoms with Crippen molar-refractivity contribution in [3.8, 4) is 0 Å². The summed E-state index contributed by atoms with van der Waals surface area (Å²) in [5.74, 6) is 0.0261. The van der Waals surface area contributed by atoms with Crippen LogP contribution in [-0.2, 0) is 0 Å². The van der Waals surface area contributed by atoms with E-state index in [1.807, 2.05) is 41.5 Å². The zero-order chi connectivity index (χ0) is 20.1. The Hall–Kier alpha value is -1.89. The number of carbonyl (C=O) groups is 1. The van der Waals surface area contributed by atoms with Crippen molar-refractivity contribution in [2.24, 2.45) is 0 Å². The highest BCUT2D eigenvalue weighted by Crippen LogP contribution is 2.30. The molecule has 0 bridgehead atoms. The molecular weight excluding hydrogens is 386 g/mol. The van der Waals surface area contributed by atoms with Crippen LogP contribution in [0.15, 0.2) is 47.4 Å². The molecule has 0 fully saturated rings. The van der Waals surface area contributed by atoms with Crippen LogP contribution in [0.1, 0.15) is 29.8 Å². The van der Waals surface area contributed by atoms with Crippen molar-refractivity contribution in [3.05, 3.63) is 53.6 Å². The van der Waals surface area contributed by atoms with E-state index in [0.29, 0.717) is 6.54 Å². The number of rotatable bonds is 8. The molecule has 6 heteroatoms. The first-order valence-corrected chi connectivity index (χ1v) is 11.8. The van der Waals surface area contributed by atoms with Crippen molar-refractivity contribution in [3.63, 3.8) is 0 Å². The van der Waals surface area contributed by atoms with E-state index >= 15 is 0 Å². The summed E-state index contributed by atoms with van der Waals surface area (Å²) in [5, 5.41) is 0.784. The van der Waals surface area contributed by atoms with E-state index in [4.69, 9.17) is 4.98 Å². The maximum absolute atomic E-state index is 13.4. The number of fused-ring (bicyclic) bond motifs is 1. The normalized spacial score (nSPS) is 11.3. The zero-order valence-corrected chi connectivity index (χ0v) is 18.6. The summed E-state index contributed by atoms with van der Waals surface area (Å²) in [6.07, 6.45) is 2.03. The van der Waals surface area contributed by atoms with Gasteiger partial charge >= 0.3 is 0 Å². The van der Waals surface area contributed by atoms with Gasteiger partial charge in [-0.15, -0.1) is 11.8 Å². The molecule has 0 spiro atoms. The van der Waals surface area contributed by atoms with Crippen molar-refractivity contribution >= 4 is 44.4 Å². The molecule has 0 aliphatic heterocycles. The van der Waals surface area contributed by atoms with Gasteiger partial charge in [0.05, 0.1) is 36.4 Å². The summed E-state index contributed by atoms with van der Waals surface area (Å²) in [4.78, 5) is 22.6. The average Bonchev–Trinajstić information content (AvgIpc) is 3.13. The zero-order valence-electron chi connectivity index (χ0n) is 17.0. The average molecular weight is 415 g/mol. The molecule has 0 aliphatic carbocycles. The smallest absolute Gasteiger partial charge is 0.260 e. The monoisotopic (exact) mass is 414 g/mol. The Bertz CT molecular complexity index is 950. The predicted molar refractivity (Wildman–Crippen MR) is 121 cm³/mol. The fourth-order valence-electron chi connectivity index (χ4n) is 3.20. The third kappa shape index (κ3) is 4.74. The summed E-state index contributed by atoms with van der Waals surface area (Å²) in [5.41, 5.74) is 2.88. The van der Waals surface area contributed by atoms with Gasteiger partial charge in [-0.1, -0.05) is 23.5 Å². The molecule has 0 saturated carbocycles. The first-order valence-electron chi connectivity index (χ1n) is 9.72. The van der Waals surface area contributed by atoms with Crippen molar-refractivity contribution in [1.29, 1.82) is 0 Å². The predicted octanol–water partition coefficient (Wildman–Crippen LogP) is 3.90. The van der Waals surface area contributed by atoms with Crippen LogP contribution < -0.4 is 9.80 Å². The number of benzene rings is 2. The molecule has 0 saturated heterocycles. The van der Waals surface area contributed by atoms with Gasteiger partial charge in [-0.3, -0.25) is 9.69 Å². The molecular formula is C22H28N3OS2+. The summed E-state index contributed by atoms with van der Waals surface area (Å²) in [6.45, 7) is 10.1. The number of quaternary nitrogens is 1. The lowest BCUT2D eigenvalue weighted by molar-refractivity contribution is -0.894.